The molecular formula is C13H19ClN2O2S2. The maximum atomic E-state index is 12.2. The molecule has 112 valence electrons. The molecule has 0 fully saturated rings. The van der Waals surface area contributed by atoms with Crippen molar-refractivity contribution in [3.63, 3.8) is 0 Å². The zero-order valence-corrected chi connectivity index (χ0v) is 14.1. The third-order valence-electron chi connectivity index (χ3n) is 3.20. The Bertz CT molecular complexity index is 613. The Morgan fingerprint density at radius 3 is 2.50 bits per heavy atom. The molecule has 0 bridgehead atoms. The number of rotatable bonds is 6. The predicted octanol–water partition coefficient (Wildman–Crippen LogP) is 2.69. The van der Waals surface area contributed by atoms with Crippen LogP contribution in [-0.2, 0) is 10.0 Å². The Morgan fingerprint density at radius 2 is 2.05 bits per heavy atom. The van der Waals surface area contributed by atoms with Crippen molar-refractivity contribution >= 4 is 38.8 Å². The van der Waals surface area contributed by atoms with E-state index >= 15 is 0 Å². The Balaban J connectivity index is 3.02. The molecule has 0 heterocycles. The van der Waals surface area contributed by atoms with E-state index in [4.69, 9.17) is 29.6 Å². The van der Waals surface area contributed by atoms with E-state index in [2.05, 4.69) is 4.72 Å². The highest BCUT2D eigenvalue weighted by Crippen LogP contribution is 2.24. The monoisotopic (exact) mass is 334 g/mol. The highest BCUT2D eigenvalue weighted by molar-refractivity contribution is 7.89. The van der Waals surface area contributed by atoms with Crippen LogP contribution in [0.1, 0.15) is 32.8 Å². The lowest BCUT2D eigenvalue weighted by Crippen LogP contribution is -2.33. The van der Waals surface area contributed by atoms with Crippen LogP contribution < -0.4 is 10.5 Å². The molecule has 0 amide bonds. The molecular weight excluding hydrogens is 316 g/mol. The summed E-state index contributed by atoms with van der Waals surface area (Å²) in [5.74, 6) is 0. The molecule has 0 radical (unpaired) electrons. The van der Waals surface area contributed by atoms with Gasteiger partial charge in [-0.15, -0.1) is 0 Å². The summed E-state index contributed by atoms with van der Waals surface area (Å²) < 4.78 is 27.1. The molecule has 4 nitrogen and oxygen atoms in total. The summed E-state index contributed by atoms with van der Waals surface area (Å²) >= 11 is 10.8. The summed E-state index contributed by atoms with van der Waals surface area (Å²) in [6, 6.07) is 4.43. The fraction of sp³-hybridized carbons (Fsp3) is 0.462. The molecule has 3 N–H and O–H groups in total. The van der Waals surface area contributed by atoms with Crippen molar-refractivity contribution < 1.29 is 8.42 Å². The average Bonchev–Trinajstić information content (AvgIpc) is 2.36. The summed E-state index contributed by atoms with van der Waals surface area (Å²) in [6.45, 7) is 6.34. The van der Waals surface area contributed by atoms with E-state index in [-0.39, 0.29) is 20.3 Å². The third-order valence-corrected chi connectivity index (χ3v) is 5.32. The molecule has 1 aromatic carbocycles. The number of thiocarbonyl (C=S) groups is 1. The second-order valence-electron chi connectivity index (χ2n) is 5.35. The van der Waals surface area contributed by atoms with Crippen LogP contribution in [0.4, 0.5) is 0 Å². The molecule has 7 heteroatoms. The lowest BCUT2D eigenvalue weighted by Gasteiger charge is -2.23. The topological polar surface area (TPSA) is 72.2 Å². The number of nitrogens with one attached hydrogen (secondary N) is 1. The molecule has 20 heavy (non-hydrogen) atoms. The normalized spacial score (nSPS) is 12.4. The number of halogens is 1. The maximum absolute atomic E-state index is 12.2. The third kappa shape index (κ3) is 4.41. The van der Waals surface area contributed by atoms with E-state index in [0.717, 1.165) is 6.42 Å². The van der Waals surface area contributed by atoms with Gasteiger partial charge in [-0.1, -0.05) is 50.7 Å². The molecule has 0 atom stereocenters. The summed E-state index contributed by atoms with van der Waals surface area (Å²) in [7, 11) is -3.64. The molecule has 0 saturated carbocycles. The highest BCUT2D eigenvalue weighted by atomic mass is 35.5. The molecule has 1 aromatic rings. The van der Waals surface area contributed by atoms with Gasteiger partial charge in [-0.05, 0) is 24.0 Å². The van der Waals surface area contributed by atoms with Gasteiger partial charge in [-0.25, -0.2) is 13.1 Å². The summed E-state index contributed by atoms with van der Waals surface area (Å²) in [4.78, 5) is 0.210. The van der Waals surface area contributed by atoms with Crippen LogP contribution in [0.5, 0.6) is 0 Å². The first-order valence-electron chi connectivity index (χ1n) is 6.18. The summed E-state index contributed by atoms with van der Waals surface area (Å²) in [6.07, 6.45) is 0.865. The fourth-order valence-electron chi connectivity index (χ4n) is 1.37. The van der Waals surface area contributed by atoms with Crippen molar-refractivity contribution in [2.45, 2.75) is 32.1 Å². The summed E-state index contributed by atoms with van der Waals surface area (Å²) in [5, 5.41) is 0.108. The van der Waals surface area contributed by atoms with Gasteiger partial charge < -0.3 is 5.73 Å². The van der Waals surface area contributed by atoms with Gasteiger partial charge in [-0.2, -0.15) is 0 Å². The number of hydrogen-bond acceptors (Lipinski definition) is 3. The van der Waals surface area contributed by atoms with Gasteiger partial charge in [-0.3, -0.25) is 0 Å². The zero-order chi connectivity index (χ0) is 15.6. The minimum Gasteiger partial charge on any atom is -0.389 e. The van der Waals surface area contributed by atoms with Gasteiger partial charge in [0, 0.05) is 12.1 Å². The smallest absolute Gasteiger partial charge is 0.242 e. The van der Waals surface area contributed by atoms with Crippen molar-refractivity contribution in [1.29, 1.82) is 0 Å². The predicted molar refractivity (Wildman–Crippen MR) is 86.6 cm³/mol. The lowest BCUT2D eigenvalue weighted by molar-refractivity contribution is 0.350. The first-order chi connectivity index (χ1) is 9.09. The van der Waals surface area contributed by atoms with Crippen LogP contribution >= 0.6 is 23.8 Å². The maximum Gasteiger partial charge on any atom is 0.242 e. The Morgan fingerprint density at radius 1 is 1.45 bits per heavy atom. The van der Waals surface area contributed by atoms with Crippen LogP contribution in [0.2, 0.25) is 5.02 Å². The van der Waals surface area contributed by atoms with Crippen molar-refractivity contribution in [1.82, 2.24) is 4.72 Å². The minimum atomic E-state index is -3.64. The second kappa shape index (κ2) is 6.39. The van der Waals surface area contributed by atoms with Crippen molar-refractivity contribution in [2.75, 3.05) is 6.54 Å². The van der Waals surface area contributed by atoms with Crippen molar-refractivity contribution in [3.05, 3.63) is 28.8 Å². The highest BCUT2D eigenvalue weighted by Gasteiger charge is 2.22. The van der Waals surface area contributed by atoms with Gasteiger partial charge in [0.25, 0.3) is 0 Å². The van der Waals surface area contributed by atoms with Gasteiger partial charge >= 0.3 is 0 Å². The molecule has 0 saturated heterocycles. The average molecular weight is 335 g/mol. The lowest BCUT2D eigenvalue weighted by atomic mass is 9.91. The number of hydrogen-bond donors (Lipinski definition) is 2. The molecule has 0 unspecified atom stereocenters. The fourth-order valence-corrected chi connectivity index (χ4v) is 3.28. The van der Waals surface area contributed by atoms with Crippen LogP contribution in [0.3, 0.4) is 0 Å². The molecule has 0 aliphatic heterocycles. The van der Waals surface area contributed by atoms with Gasteiger partial charge in [0.05, 0.1) is 5.02 Å². The van der Waals surface area contributed by atoms with Crippen LogP contribution in [-0.4, -0.2) is 20.0 Å². The van der Waals surface area contributed by atoms with E-state index < -0.39 is 10.0 Å². The Labute approximate surface area is 130 Å². The summed E-state index contributed by atoms with van der Waals surface area (Å²) in [5.41, 5.74) is 5.91. The first kappa shape index (κ1) is 17.4. The van der Waals surface area contributed by atoms with E-state index in [1.807, 2.05) is 20.8 Å². The van der Waals surface area contributed by atoms with E-state index in [1.165, 1.54) is 12.1 Å². The Kier molecular flexibility index (Phi) is 5.54. The molecule has 0 aliphatic carbocycles. The second-order valence-corrected chi connectivity index (χ2v) is 7.93. The van der Waals surface area contributed by atoms with Crippen molar-refractivity contribution in [3.8, 4) is 0 Å². The van der Waals surface area contributed by atoms with E-state index in [9.17, 15) is 8.42 Å². The quantitative estimate of drug-likeness (QED) is 0.784. The van der Waals surface area contributed by atoms with Crippen molar-refractivity contribution in [2.24, 2.45) is 11.1 Å². The van der Waals surface area contributed by atoms with E-state index in [0.29, 0.717) is 12.1 Å². The van der Waals surface area contributed by atoms with Gasteiger partial charge in [0.2, 0.25) is 10.0 Å². The minimum absolute atomic E-state index is 0.0334. The van der Waals surface area contributed by atoms with Crippen LogP contribution in [0.25, 0.3) is 0 Å². The number of nitrogens with two attached hydrogens (primary N) is 1. The standard InChI is InChI=1S/C13H19ClN2O2S2/c1-4-13(2,3)8-16-20(17,18)11-6-5-9(12(15)19)7-10(11)14/h5-7,16H,4,8H2,1-3H3,(H2,15,19). The number of benzene rings is 1. The largest absolute Gasteiger partial charge is 0.389 e. The SMILES string of the molecule is CCC(C)(C)CNS(=O)(=O)c1ccc(C(N)=S)cc1Cl. The van der Waals surface area contributed by atoms with Gasteiger partial charge in [0.15, 0.2) is 0 Å². The molecule has 0 aromatic heterocycles. The zero-order valence-electron chi connectivity index (χ0n) is 11.7. The molecule has 1 rings (SSSR count). The van der Waals surface area contributed by atoms with Crippen LogP contribution in [0.15, 0.2) is 23.1 Å². The molecule has 0 spiro atoms. The number of sulfonamides is 1. The van der Waals surface area contributed by atoms with E-state index in [1.54, 1.807) is 6.07 Å². The first-order valence-corrected chi connectivity index (χ1v) is 8.45. The van der Waals surface area contributed by atoms with Crippen LogP contribution in [0, 0.1) is 5.41 Å². The Hall–Kier alpha value is -0.690. The van der Waals surface area contributed by atoms with Gasteiger partial charge in [0.1, 0.15) is 9.88 Å². The molecule has 0 aliphatic rings.